The van der Waals surface area contributed by atoms with Crippen LogP contribution in [-0.2, 0) is 12.8 Å². The molecule has 1 N–H and O–H groups in total. The average molecular weight is 285 g/mol. The molecule has 1 fully saturated rings. The summed E-state index contributed by atoms with van der Waals surface area (Å²) in [5, 5.41) is 3.76. The van der Waals surface area contributed by atoms with Gasteiger partial charge in [-0.25, -0.2) is 0 Å². The van der Waals surface area contributed by atoms with Crippen molar-refractivity contribution in [1.29, 1.82) is 0 Å². The molecule has 0 spiro atoms. The number of benzene rings is 1. The van der Waals surface area contributed by atoms with Crippen molar-refractivity contribution in [3.05, 3.63) is 34.9 Å². The van der Waals surface area contributed by atoms with Crippen molar-refractivity contribution in [2.45, 2.75) is 77.2 Å². The van der Waals surface area contributed by atoms with E-state index in [4.69, 9.17) is 0 Å². The second-order valence-corrected chi connectivity index (χ2v) is 7.09. The van der Waals surface area contributed by atoms with E-state index < -0.39 is 0 Å². The van der Waals surface area contributed by atoms with Gasteiger partial charge in [0.05, 0.1) is 0 Å². The quantitative estimate of drug-likeness (QED) is 0.734. The number of hydrogen-bond acceptors (Lipinski definition) is 1. The van der Waals surface area contributed by atoms with Gasteiger partial charge in [0, 0.05) is 6.04 Å². The maximum absolute atomic E-state index is 3.76. The van der Waals surface area contributed by atoms with Gasteiger partial charge in [0.1, 0.15) is 0 Å². The fourth-order valence-electron chi connectivity index (χ4n) is 4.33. The Balaban J connectivity index is 1.71. The Morgan fingerprint density at radius 2 is 1.76 bits per heavy atom. The van der Waals surface area contributed by atoms with E-state index in [0.29, 0.717) is 6.04 Å². The molecule has 0 heterocycles. The third-order valence-electron chi connectivity index (χ3n) is 5.52. The molecule has 2 aliphatic carbocycles. The predicted molar refractivity (Wildman–Crippen MR) is 90.7 cm³/mol. The van der Waals surface area contributed by atoms with E-state index in [0.717, 1.165) is 12.5 Å². The van der Waals surface area contributed by atoms with Gasteiger partial charge >= 0.3 is 0 Å². The third kappa shape index (κ3) is 3.88. The first kappa shape index (κ1) is 15.1. The van der Waals surface area contributed by atoms with Crippen LogP contribution in [0.25, 0.3) is 0 Å². The standard InChI is InChI=1S/C20H31N/c1-2-21-20(14-16-8-5-3-4-6-9-16)19-13-12-17-10-7-11-18(17)15-19/h12-13,15-16,20-21H,2-11,14H2,1H3. The summed E-state index contributed by atoms with van der Waals surface area (Å²) >= 11 is 0. The molecule has 0 radical (unpaired) electrons. The van der Waals surface area contributed by atoms with Crippen LogP contribution < -0.4 is 5.32 Å². The van der Waals surface area contributed by atoms with Crippen molar-refractivity contribution in [2.75, 3.05) is 6.54 Å². The molecule has 0 bridgehead atoms. The Hall–Kier alpha value is -0.820. The lowest BCUT2D eigenvalue weighted by Gasteiger charge is -2.24. The van der Waals surface area contributed by atoms with Gasteiger partial charge in [-0.15, -0.1) is 0 Å². The van der Waals surface area contributed by atoms with Crippen LogP contribution in [0.1, 0.15) is 81.0 Å². The smallest absolute Gasteiger partial charge is 0.0322 e. The normalized spacial score (nSPS) is 21.0. The minimum atomic E-state index is 0.573. The van der Waals surface area contributed by atoms with Gasteiger partial charge in [-0.1, -0.05) is 63.6 Å². The zero-order chi connectivity index (χ0) is 14.5. The van der Waals surface area contributed by atoms with Crippen LogP contribution in [0, 0.1) is 5.92 Å². The molecule has 0 saturated heterocycles. The van der Waals surface area contributed by atoms with E-state index in [1.165, 1.54) is 64.2 Å². The first-order valence-electron chi connectivity index (χ1n) is 9.22. The molecular weight excluding hydrogens is 254 g/mol. The molecule has 0 amide bonds. The number of nitrogens with one attached hydrogen (secondary N) is 1. The van der Waals surface area contributed by atoms with E-state index in [9.17, 15) is 0 Å². The predicted octanol–water partition coefficient (Wildman–Crippen LogP) is 5.19. The minimum Gasteiger partial charge on any atom is -0.310 e. The van der Waals surface area contributed by atoms with E-state index in [1.807, 2.05) is 0 Å². The Morgan fingerprint density at radius 3 is 2.52 bits per heavy atom. The molecule has 2 aliphatic rings. The minimum absolute atomic E-state index is 0.573. The van der Waals surface area contributed by atoms with Crippen LogP contribution in [-0.4, -0.2) is 6.54 Å². The van der Waals surface area contributed by atoms with Gasteiger partial charge in [0.15, 0.2) is 0 Å². The topological polar surface area (TPSA) is 12.0 Å². The lowest BCUT2D eigenvalue weighted by molar-refractivity contribution is 0.359. The van der Waals surface area contributed by atoms with Crippen LogP contribution in [0.4, 0.5) is 0 Å². The lowest BCUT2D eigenvalue weighted by Crippen LogP contribution is -2.23. The molecule has 1 saturated carbocycles. The van der Waals surface area contributed by atoms with Gasteiger partial charge in [0.25, 0.3) is 0 Å². The number of hydrogen-bond donors (Lipinski definition) is 1. The monoisotopic (exact) mass is 285 g/mol. The highest BCUT2D eigenvalue weighted by molar-refractivity contribution is 5.36. The summed E-state index contributed by atoms with van der Waals surface area (Å²) in [7, 11) is 0. The van der Waals surface area contributed by atoms with Crippen molar-refractivity contribution in [1.82, 2.24) is 5.32 Å². The molecule has 0 aromatic heterocycles. The zero-order valence-corrected chi connectivity index (χ0v) is 13.7. The molecule has 116 valence electrons. The van der Waals surface area contributed by atoms with Gasteiger partial charge in [-0.2, -0.15) is 0 Å². The summed E-state index contributed by atoms with van der Waals surface area (Å²) in [4.78, 5) is 0. The first-order valence-corrected chi connectivity index (χ1v) is 9.22. The molecule has 1 nitrogen and oxygen atoms in total. The maximum atomic E-state index is 3.76. The van der Waals surface area contributed by atoms with Crippen LogP contribution >= 0.6 is 0 Å². The summed E-state index contributed by atoms with van der Waals surface area (Å²) in [5.74, 6) is 0.935. The second-order valence-electron chi connectivity index (χ2n) is 7.09. The molecule has 0 aliphatic heterocycles. The Morgan fingerprint density at radius 1 is 1.00 bits per heavy atom. The Labute approximate surface area is 130 Å². The Kier molecular flexibility index (Phi) is 5.35. The molecule has 1 unspecified atom stereocenters. The van der Waals surface area contributed by atoms with Crippen molar-refractivity contribution in [2.24, 2.45) is 5.92 Å². The van der Waals surface area contributed by atoms with Crippen LogP contribution in [0.5, 0.6) is 0 Å². The summed E-state index contributed by atoms with van der Waals surface area (Å²) in [6.07, 6.45) is 14.0. The zero-order valence-electron chi connectivity index (χ0n) is 13.7. The highest BCUT2D eigenvalue weighted by Gasteiger charge is 2.20. The first-order chi connectivity index (χ1) is 10.4. The molecular formula is C20H31N. The number of fused-ring (bicyclic) bond motifs is 1. The molecule has 3 rings (SSSR count). The molecule has 1 aromatic carbocycles. The fourth-order valence-corrected chi connectivity index (χ4v) is 4.33. The SMILES string of the molecule is CCNC(CC1CCCCCC1)c1ccc2c(c1)CCC2. The summed E-state index contributed by atoms with van der Waals surface area (Å²) < 4.78 is 0. The van der Waals surface area contributed by atoms with E-state index in [2.05, 4.69) is 30.4 Å². The Bertz CT molecular complexity index is 443. The van der Waals surface area contributed by atoms with Gasteiger partial charge in [0.2, 0.25) is 0 Å². The highest BCUT2D eigenvalue weighted by atomic mass is 14.9. The van der Waals surface area contributed by atoms with Gasteiger partial charge in [-0.3, -0.25) is 0 Å². The van der Waals surface area contributed by atoms with E-state index in [1.54, 1.807) is 16.7 Å². The fraction of sp³-hybridized carbons (Fsp3) is 0.700. The molecule has 21 heavy (non-hydrogen) atoms. The molecule has 1 heteroatoms. The highest BCUT2D eigenvalue weighted by Crippen LogP contribution is 2.33. The van der Waals surface area contributed by atoms with Crippen LogP contribution in [0.15, 0.2) is 18.2 Å². The third-order valence-corrected chi connectivity index (χ3v) is 5.52. The molecule has 1 atom stereocenters. The summed E-state index contributed by atoms with van der Waals surface area (Å²) in [6, 6.07) is 7.87. The average Bonchev–Trinajstić information content (AvgIpc) is 2.82. The maximum Gasteiger partial charge on any atom is 0.0322 e. The van der Waals surface area contributed by atoms with Crippen molar-refractivity contribution in [3.63, 3.8) is 0 Å². The lowest BCUT2D eigenvalue weighted by atomic mass is 9.88. The van der Waals surface area contributed by atoms with Crippen LogP contribution in [0.3, 0.4) is 0 Å². The van der Waals surface area contributed by atoms with Crippen molar-refractivity contribution < 1.29 is 0 Å². The van der Waals surface area contributed by atoms with Gasteiger partial charge in [-0.05, 0) is 54.8 Å². The molecule has 1 aromatic rings. The van der Waals surface area contributed by atoms with Gasteiger partial charge < -0.3 is 5.32 Å². The summed E-state index contributed by atoms with van der Waals surface area (Å²) in [6.45, 7) is 3.32. The van der Waals surface area contributed by atoms with Crippen molar-refractivity contribution >= 4 is 0 Å². The largest absolute Gasteiger partial charge is 0.310 e. The second kappa shape index (κ2) is 7.45. The summed E-state index contributed by atoms with van der Waals surface area (Å²) in [5.41, 5.74) is 4.77. The number of rotatable bonds is 5. The van der Waals surface area contributed by atoms with Crippen molar-refractivity contribution in [3.8, 4) is 0 Å². The number of aryl methyl sites for hydroxylation is 2. The van der Waals surface area contributed by atoms with E-state index in [-0.39, 0.29) is 0 Å². The van der Waals surface area contributed by atoms with Crippen LogP contribution in [0.2, 0.25) is 0 Å². The van der Waals surface area contributed by atoms with E-state index >= 15 is 0 Å².